The van der Waals surface area contributed by atoms with Gasteiger partial charge in [0.15, 0.2) is 0 Å². The normalized spacial score (nSPS) is 19.4. The molecular formula is C30H32N2O3. The van der Waals surface area contributed by atoms with Crippen molar-refractivity contribution in [2.24, 2.45) is 5.41 Å². The number of piperidine rings is 1. The number of likely N-dealkylation sites (tertiary alicyclic amines) is 1. The SMILES string of the molecule is CC(C)(C)OC(=O)N1CCC2(CC1)C(=O)N(c1ccc(-c3ccccc3)cc1)C2c1ccccc1. The molecule has 5 rings (SSSR count). The molecule has 1 atom stereocenters. The first-order chi connectivity index (χ1) is 16.8. The number of nitrogens with zero attached hydrogens (tertiary/aromatic N) is 2. The Labute approximate surface area is 207 Å². The maximum Gasteiger partial charge on any atom is 0.410 e. The summed E-state index contributed by atoms with van der Waals surface area (Å²) >= 11 is 0. The molecule has 2 aliphatic rings. The average molecular weight is 469 g/mol. The van der Waals surface area contributed by atoms with Crippen LogP contribution in [0.3, 0.4) is 0 Å². The Morgan fingerprint density at radius 3 is 1.94 bits per heavy atom. The lowest BCUT2D eigenvalue weighted by atomic mass is 9.62. The van der Waals surface area contributed by atoms with Crippen LogP contribution in [0.1, 0.15) is 45.2 Å². The number of benzene rings is 3. The van der Waals surface area contributed by atoms with Gasteiger partial charge in [0.1, 0.15) is 5.60 Å². The first-order valence-corrected chi connectivity index (χ1v) is 12.3. The zero-order valence-electron chi connectivity index (χ0n) is 20.6. The third-order valence-electron chi connectivity index (χ3n) is 7.10. The number of hydrogen-bond donors (Lipinski definition) is 0. The van der Waals surface area contributed by atoms with Gasteiger partial charge in [0, 0.05) is 18.8 Å². The van der Waals surface area contributed by atoms with Crippen LogP contribution in [0.5, 0.6) is 0 Å². The first kappa shape index (κ1) is 23.2. The number of anilines is 1. The second-order valence-corrected chi connectivity index (χ2v) is 10.5. The Morgan fingerprint density at radius 1 is 0.829 bits per heavy atom. The van der Waals surface area contributed by atoms with Crippen molar-refractivity contribution < 1.29 is 14.3 Å². The van der Waals surface area contributed by atoms with Crippen molar-refractivity contribution in [2.45, 2.75) is 45.3 Å². The van der Waals surface area contributed by atoms with E-state index in [0.717, 1.165) is 22.4 Å². The summed E-state index contributed by atoms with van der Waals surface area (Å²) in [5.74, 6) is 0.141. The van der Waals surface area contributed by atoms with Crippen molar-refractivity contribution in [3.8, 4) is 11.1 Å². The molecule has 0 saturated carbocycles. The molecule has 0 N–H and O–H groups in total. The zero-order valence-corrected chi connectivity index (χ0v) is 20.6. The van der Waals surface area contributed by atoms with Gasteiger partial charge in [-0.1, -0.05) is 72.8 Å². The molecule has 2 aliphatic heterocycles. The minimum Gasteiger partial charge on any atom is -0.444 e. The predicted octanol–water partition coefficient (Wildman–Crippen LogP) is 6.46. The topological polar surface area (TPSA) is 49.9 Å². The molecule has 1 unspecified atom stereocenters. The van der Waals surface area contributed by atoms with Crippen LogP contribution in [0.25, 0.3) is 11.1 Å². The number of amides is 2. The number of ether oxygens (including phenoxy) is 1. The molecule has 3 aromatic rings. The molecule has 2 amide bonds. The van der Waals surface area contributed by atoms with Gasteiger partial charge < -0.3 is 14.5 Å². The maximum atomic E-state index is 13.8. The number of rotatable bonds is 3. The van der Waals surface area contributed by atoms with Gasteiger partial charge in [-0.3, -0.25) is 4.79 Å². The summed E-state index contributed by atoms with van der Waals surface area (Å²) in [7, 11) is 0. The van der Waals surface area contributed by atoms with Crippen molar-refractivity contribution in [1.82, 2.24) is 4.90 Å². The lowest BCUT2D eigenvalue weighted by Gasteiger charge is -2.58. The lowest BCUT2D eigenvalue weighted by Crippen LogP contribution is -2.67. The molecular weight excluding hydrogens is 436 g/mol. The number of carbonyl (C=O) groups is 2. The molecule has 0 radical (unpaired) electrons. The summed E-state index contributed by atoms with van der Waals surface area (Å²) in [5.41, 5.74) is 3.28. The number of hydrogen-bond acceptors (Lipinski definition) is 3. The standard InChI is InChI=1S/C30H32N2O3/c1-29(2,3)35-28(34)31-20-18-30(19-21-31)26(24-12-8-5-9-13-24)32(27(30)33)25-16-14-23(15-17-25)22-10-6-4-7-11-22/h4-17,26H,18-21H2,1-3H3. The van der Waals surface area contributed by atoms with Crippen LogP contribution in [-0.4, -0.2) is 35.6 Å². The van der Waals surface area contributed by atoms with Crippen molar-refractivity contribution in [3.05, 3.63) is 90.5 Å². The first-order valence-electron chi connectivity index (χ1n) is 12.3. The Morgan fingerprint density at radius 2 is 1.37 bits per heavy atom. The fourth-order valence-electron chi connectivity index (χ4n) is 5.37. The van der Waals surface area contributed by atoms with Gasteiger partial charge in [-0.05, 0) is 62.4 Å². The third kappa shape index (κ3) is 4.31. The molecule has 180 valence electrons. The van der Waals surface area contributed by atoms with Gasteiger partial charge in [0.25, 0.3) is 0 Å². The minimum atomic E-state index is -0.534. The van der Waals surface area contributed by atoms with Crippen LogP contribution in [0, 0.1) is 5.41 Å². The van der Waals surface area contributed by atoms with Crippen molar-refractivity contribution in [3.63, 3.8) is 0 Å². The molecule has 2 fully saturated rings. The smallest absolute Gasteiger partial charge is 0.410 e. The van der Waals surface area contributed by atoms with Crippen molar-refractivity contribution >= 4 is 17.7 Å². The summed E-state index contributed by atoms with van der Waals surface area (Å²) in [6.45, 7) is 6.66. The minimum absolute atomic E-state index is 0.0560. The van der Waals surface area contributed by atoms with E-state index in [1.165, 1.54) is 0 Å². The largest absolute Gasteiger partial charge is 0.444 e. The fourth-order valence-corrected chi connectivity index (χ4v) is 5.37. The van der Waals surface area contributed by atoms with Gasteiger partial charge in [0.2, 0.25) is 5.91 Å². The van der Waals surface area contributed by atoms with E-state index < -0.39 is 11.0 Å². The molecule has 5 heteroatoms. The molecule has 35 heavy (non-hydrogen) atoms. The highest BCUT2D eigenvalue weighted by atomic mass is 16.6. The Balaban J connectivity index is 1.40. The van der Waals surface area contributed by atoms with E-state index in [0.29, 0.717) is 25.9 Å². The van der Waals surface area contributed by atoms with Gasteiger partial charge >= 0.3 is 6.09 Å². The predicted molar refractivity (Wildman–Crippen MR) is 138 cm³/mol. The van der Waals surface area contributed by atoms with Crippen LogP contribution in [0.15, 0.2) is 84.9 Å². The number of carbonyl (C=O) groups excluding carboxylic acids is 2. The van der Waals surface area contributed by atoms with E-state index in [2.05, 4.69) is 36.4 Å². The molecule has 3 aromatic carbocycles. The van der Waals surface area contributed by atoms with Crippen LogP contribution >= 0.6 is 0 Å². The van der Waals surface area contributed by atoms with Gasteiger partial charge in [-0.2, -0.15) is 0 Å². The fraction of sp³-hybridized carbons (Fsp3) is 0.333. The number of β-lactam (4-membered cyclic amide) rings is 1. The van der Waals surface area contributed by atoms with E-state index in [1.54, 1.807) is 4.90 Å². The van der Waals surface area contributed by atoms with Gasteiger partial charge in [-0.15, -0.1) is 0 Å². The Hall–Kier alpha value is -3.60. The van der Waals surface area contributed by atoms with Crippen molar-refractivity contribution in [2.75, 3.05) is 18.0 Å². The van der Waals surface area contributed by atoms with Crippen LogP contribution in [0.2, 0.25) is 0 Å². The molecule has 1 spiro atoms. The molecule has 0 aromatic heterocycles. The van der Waals surface area contributed by atoms with Gasteiger partial charge in [-0.25, -0.2) is 4.79 Å². The molecule has 0 bridgehead atoms. The second kappa shape index (κ2) is 8.88. The summed E-state index contributed by atoms with van der Waals surface area (Å²) in [4.78, 5) is 30.1. The van der Waals surface area contributed by atoms with E-state index in [4.69, 9.17) is 4.74 Å². The van der Waals surface area contributed by atoms with Crippen LogP contribution in [0.4, 0.5) is 10.5 Å². The summed E-state index contributed by atoms with van der Waals surface area (Å²) in [6, 6.07) is 28.7. The summed E-state index contributed by atoms with van der Waals surface area (Å²) < 4.78 is 5.57. The Bertz CT molecular complexity index is 1190. The lowest BCUT2D eigenvalue weighted by molar-refractivity contribution is -0.144. The van der Waals surface area contributed by atoms with Crippen molar-refractivity contribution in [1.29, 1.82) is 0 Å². The quantitative estimate of drug-likeness (QED) is 0.415. The van der Waals surface area contributed by atoms with E-state index in [1.807, 2.05) is 74.2 Å². The van der Waals surface area contributed by atoms with E-state index >= 15 is 0 Å². The summed E-state index contributed by atoms with van der Waals surface area (Å²) in [5, 5.41) is 0. The third-order valence-corrected chi connectivity index (χ3v) is 7.10. The van der Waals surface area contributed by atoms with E-state index in [-0.39, 0.29) is 18.0 Å². The molecule has 2 saturated heterocycles. The Kier molecular flexibility index (Phi) is 5.87. The second-order valence-electron chi connectivity index (χ2n) is 10.5. The highest BCUT2D eigenvalue weighted by molar-refractivity contribution is 6.06. The average Bonchev–Trinajstić information content (AvgIpc) is 2.87. The van der Waals surface area contributed by atoms with Gasteiger partial charge in [0.05, 0.1) is 11.5 Å². The molecule has 2 heterocycles. The maximum absolute atomic E-state index is 13.8. The monoisotopic (exact) mass is 468 g/mol. The zero-order chi connectivity index (χ0) is 24.6. The highest BCUT2D eigenvalue weighted by Crippen LogP contribution is 2.57. The summed E-state index contributed by atoms with van der Waals surface area (Å²) in [6.07, 6.45) is 0.954. The molecule has 5 nitrogen and oxygen atoms in total. The highest BCUT2D eigenvalue weighted by Gasteiger charge is 2.62. The van der Waals surface area contributed by atoms with Crippen LogP contribution in [-0.2, 0) is 9.53 Å². The molecule has 0 aliphatic carbocycles. The van der Waals surface area contributed by atoms with E-state index in [9.17, 15) is 9.59 Å². The van der Waals surface area contributed by atoms with Crippen LogP contribution < -0.4 is 4.90 Å².